The van der Waals surface area contributed by atoms with Gasteiger partial charge in [-0.2, -0.15) is 0 Å². The summed E-state index contributed by atoms with van der Waals surface area (Å²) in [4.78, 5) is 6.34. The van der Waals surface area contributed by atoms with Gasteiger partial charge >= 0.3 is 0 Å². The van der Waals surface area contributed by atoms with Crippen molar-refractivity contribution >= 4 is 11.3 Å². The lowest BCUT2D eigenvalue weighted by Crippen LogP contribution is -2.52. The molecule has 2 unspecified atom stereocenters. The predicted molar refractivity (Wildman–Crippen MR) is 72.3 cm³/mol. The molecule has 0 aliphatic carbocycles. The number of nitrogens with zero attached hydrogens (tertiary/aromatic N) is 2. The van der Waals surface area contributed by atoms with Crippen LogP contribution >= 0.6 is 11.3 Å². The van der Waals surface area contributed by atoms with Crippen molar-refractivity contribution in [2.24, 2.45) is 0 Å². The summed E-state index contributed by atoms with van der Waals surface area (Å²) in [5.41, 5.74) is 0. The lowest BCUT2D eigenvalue weighted by Gasteiger charge is -2.40. The first-order valence-electron chi connectivity index (χ1n) is 6.32. The molecule has 2 atom stereocenters. The van der Waals surface area contributed by atoms with Gasteiger partial charge in [0.25, 0.3) is 0 Å². The van der Waals surface area contributed by atoms with Crippen molar-refractivity contribution in [3.8, 4) is 0 Å². The van der Waals surface area contributed by atoms with Gasteiger partial charge in [-0.15, -0.1) is 11.3 Å². The third-order valence-electron chi connectivity index (χ3n) is 3.31. The highest BCUT2D eigenvalue weighted by atomic mass is 32.1. The van der Waals surface area contributed by atoms with Crippen LogP contribution in [0.3, 0.4) is 0 Å². The van der Waals surface area contributed by atoms with Crippen molar-refractivity contribution in [1.29, 1.82) is 0 Å². The molecule has 2 heterocycles. The molecule has 96 valence electrons. The zero-order chi connectivity index (χ0) is 12.3. The van der Waals surface area contributed by atoms with E-state index < -0.39 is 0 Å². The Balaban J connectivity index is 1.83. The van der Waals surface area contributed by atoms with Crippen LogP contribution in [0.1, 0.15) is 18.7 Å². The largest absolute Gasteiger partial charge is 0.392 e. The second-order valence-electron chi connectivity index (χ2n) is 5.01. The highest BCUT2D eigenvalue weighted by Crippen LogP contribution is 2.17. The smallest absolute Gasteiger partial charge is 0.0639 e. The second kappa shape index (κ2) is 5.96. The van der Waals surface area contributed by atoms with Crippen LogP contribution in [-0.4, -0.2) is 53.2 Å². The Bertz CT molecular complexity index is 326. The first-order chi connectivity index (χ1) is 8.15. The van der Waals surface area contributed by atoms with Gasteiger partial charge in [-0.05, 0) is 25.3 Å². The fourth-order valence-corrected chi connectivity index (χ4v) is 3.18. The average Bonchev–Trinajstić information content (AvgIpc) is 2.74. The van der Waals surface area contributed by atoms with Gasteiger partial charge in [0.15, 0.2) is 0 Å². The lowest BCUT2D eigenvalue weighted by atomic mass is 10.1. The van der Waals surface area contributed by atoms with Crippen LogP contribution in [0.4, 0.5) is 0 Å². The fourth-order valence-electron chi connectivity index (χ4n) is 2.45. The third kappa shape index (κ3) is 3.78. The summed E-state index contributed by atoms with van der Waals surface area (Å²) in [7, 11) is 0. The Hall–Kier alpha value is -0.420. The van der Waals surface area contributed by atoms with Crippen molar-refractivity contribution in [1.82, 2.24) is 9.80 Å². The number of rotatable bonds is 4. The van der Waals surface area contributed by atoms with E-state index in [1.807, 2.05) is 18.3 Å². The molecule has 17 heavy (non-hydrogen) atoms. The molecule has 3 nitrogen and oxygen atoms in total. The third-order valence-corrected chi connectivity index (χ3v) is 4.17. The molecule has 1 aromatic rings. The maximum Gasteiger partial charge on any atom is 0.0639 e. The van der Waals surface area contributed by atoms with Gasteiger partial charge < -0.3 is 5.11 Å². The van der Waals surface area contributed by atoms with Crippen LogP contribution in [0.15, 0.2) is 17.5 Å². The molecule has 1 aliphatic rings. The van der Waals surface area contributed by atoms with Gasteiger partial charge in [0, 0.05) is 43.6 Å². The standard InChI is InChI=1S/C13H22N2OS/c1-11-8-14(9-12(2)16)5-6-15(11)10-13-4-3-7-17-13/h3-4,7,11-12,16H,5-6,8-10H2,1-2H3. The summed E-state index contributed by atoms with van der Waals surface area (Å²) in [5.74, 6) is 0. The number of aliphatic hydroxyl groups excluding tert-OH is 1. The number of aliphatic hydroxyl groups is 1. The van der Waals surface area contributed by atoms with Gasteiger partial charge in [0.05, 0.1) is 6.10 Å². The normalized spacial score (nSPS) is 25.0. The van der Waals surface area contributed by atoms with Crippen molar-refractivity contribution in [3.63, 3.8) is 0 Å². The molecule has 1 aliphatic heterocycles. The molecule has 1 fully saturated rings. The van der Waals surface area contributed by atoms with Crippen LogP contribution in [0.25, 0.3) is 0 Å². The summed E-state index contributed by atoms with van der Waals surface area (Å²) in [5, 5.41) is 11.6. The Morgan fingerprint density at radius 2 is 2.35 bits per heavy atom. The maximum atomic E-state index is 9.41. The topological polar surface area (TPSA) is 26.7 Å². The summed E-state index contributed by atoms with van der Waals surface area (Å²) < 4.78 is 0. The minimum atomic E-state index is -0.217. The molecule has 0 radical (unpaired) electrons. The summed E-state index contributed by atoms with van der Waals surface area (Å²) in [6.07, 6.45) is -0.217. The average molecular weight is 254 g/mol. The highest BCUT2D eigenvalue weighted by Gasteiger charge is 2.24. The monoisotopic (exact) mass is 254 g/mol. The first-order valence-corrected chi connectivity index (χ1v) is 7.20. The quantitative estimate of drug-likeness (QED) is 0.885. The number of piperazine rings is 1. The molecule has 1 N–H and O–H groups in total. The SMILES string of the molecule is CC(O)CN1CCN(Cc2cccs2)C(C)C1. The Labute approximate surface area is 108 Å². The molecule has 2 rings (SSSR count). The highest BCUT2D eigenvalue weighted by molar-refractivity contribution is 7.09. The van der Waals surface area contributed by atoms with E-state index in [1.54, 1.807) is 0 Å². The first kappa shape index (κ1) is 13.0. The molecule has 0 saturated carbocycles. The van der Waals surface area contributed by atoms with Crippen LogP contribution in [-0.2, 0) is 6.54 Å². The van der Waals surface area contributed by atoms with Crippen LogP contribution in [0.5, 0.6) is 0 Å². The van der Waals surface area contributed by atoms with Gasteiger partial charge in [-0.25, -0.2) is 0 Å². The number of thiophene rings is 1. The van der Waals surface area contributed by atoms with Gasteiger partial charge in [-0.3, -0.25) is 9.80 Å². The summed E-state index contributed by atoms with van der Waals surface area (Å²) in [6.45, 7) is 9.26. The molecule has 0 spiro atoms. The van der Waals surface area contributed by atoms with Gasteiger partial charge in [0.2, 0.25) is 0 Å². The van der Waals surface area contributed by atoms with Gasteiger partial charge in [-0.1, -0.05) is 6.07 Å². The molecule has 1 saturated heterocycles. The van der Waals surface area contributed by atoms with E-state index >= 15 is 0 Å². The van der Waals surface area contributed by atoms with Crippen molar-refractivity contribution in [3.05, 3.63) is 22.4 Å². The Kier molecular flexibility index (Phi) is 4.56. The molecular weight excluding hydrogens is 232 g/mol. The van der Waals surface area contributed by atoms with E-state index in [9.17, 15) is 5.11 Å². The van der Waals surface area contributed by atoms with E-state index in [0.717, 1.165) is 32.7 Å². The number of β-amino-alcohol motifs (C(OH)–C–C–N with tert-alkyl or cyclic N) is 1. The van der Waals surface area contributed by atoms with Crippen molar-refractivity contribution in [2.75, 3.05) is 26.2 Å². The van der Waals surface area contributed by atoms with Crippen LogP contribution < -0.4 is 0 Å². The molecule has 0 bridgehead atoms. The molecule has 1 aromatic heterocycles. The predicted octanol–water partition coefficient (Wildman–Crippen LogP) is 1.64. The maximum absolute atomic E-state index is 9.41. The lowest BCUT2D eigenvalue weighted by molar-refractivity contribution is 0.0477. The van der Waals surface area contributed by atoms with Crippen LogP contribution in [0, 0.1) is 0 Å². The fraction of sp³-hybridized carbons (Fsp3) is 0.692. The van der Waals surface area contributed by atoms with E-state index in [2.05, 4.69) is 34.2 Å². The Morgan fingerprint density at radius 3 is 2.94 bits per heavy atom. The van der Waals surface area contributed by atoms with E-state index in [4.69, 9.17) is 0 Å². The minimum Gasteiger partial charge on any atom is -0.392 e. The second-order valence-corrected chi connectivity index (χ2v) is 6.04. The Morgan fingerprint density at radius 1 is 1.53 bits per heavy atom. The zero-order valence-electron chi connectivity index (χ0n) is 10.7. The molecule has 4 heteroatoms. The molecule has 0 amide bonds. The van der Waals surface area contributed by atoms with Crippen molar-refractivity contribution in [2.45, 2.75) is 32.5 Å². The number of hydrogen-bond acceptors (Lipinski definition) is 4. The zero-order valence-corrected chi connectivity index (χ0v) is 11.5. The number of hydrogen-bond donors (Lipinski definition) is 1. The molecule has 0 aromatic carbocycles. The van der Waals surface area contributed by atoms with Crippen molar-refractivity contribution < 1.29 is 5.11 Å². The van der Waals surface area contributed by atoms with E-state index in [0.29, 0.717) is 6.04 Å². The minimum absolute atomic E-state index is 0.217. The summed E-state index contributed by atoms with van der Waals surface area (Å²) >= 11 is 1.83. The van der Waals surface area contributed by atoms with E-state index in [1.165, 1.54) is 4.88 Å². The molecular formula is C13H22N2OS. The van der Waals surface area contributed by atoms with E-state index in [-0.39, 0.29) is 6.10 Å². The van der Waals surface area contributed by atoms with Crippen LogP contribution in [0.2, 0.25) is 0 Å². The van der Waals surface area contributed by atoms with Gasteiger partial charge in [0.1, 0.15) is 0 Å². The summed E-state index contributed by atoms with van der Waals surface area (Å²) in [6, 6.07) is 4.90.